The van der Waals surface area contributed by atoms with Gasteiger partial charge in [0.05, 0.1) is 4.90 Å². The molecule has 172 valence electrons. The van der Waals surface area contributed by atoms with Gasteiger partial charge in [-0.25, -0.2) is 13.1 Å². The van der Waals surface area contributed by atoms with Gasteiger partial charge in [-0.05, 0) is 67.4 Å². The van der Waals surface area contributed by atoms with E-state index in [4.69, 9.17) is 0 Å². The molecular formula is C25H27N3O4S. The largest absolute Gasteiger partial charge is 0.322 e. The molecule has 3 N–H and O–H groups in total. The highest BCUT2D eigenvalue weighted by atomic mass is 32.2. The number of benzene rings is 3. The molecule has 0 atom stereocenters. The van der Waals surface area contributed by atoms with E-state index in [-0.39, 0.29) is 16.7 Å². The van der Waals surface area contributed by atoms with Crippen molar-refractivity contribution >= 4 is 33.2 Å². The number of nitrogens with one attached hydrogen (secondary N) is 3. The molecule has 0 saturated heterocycles. The van der Waals surface area contributed by atoms with Gasteiger partial charge in [0.1, 0.15) is 0 Å². The summed E-state index contributed by atoms with van der Waals surface area (Å²) >= 11 is 0. The molecule has 0 bridgehead atoms. The molecule has 3 aromatic carbocycles. The molecule has 3 rings (SSSR count). The molecular weight excluding hydrogens is 438 g/mol. The number of unbranched alkanes of at least 4 members (excludes halogenated alkanes) is 1. The van der Waals surface area contributed by atoms with Gasteiger partial charge in [0.2, 0.25) is 10.0 Å². The minimum atomic E-state index is -3.58. The van der Waals surface area contributed by atoms with Gasteiger partial charge in [-0.1, -0.05) is 37.6 Å². The molecule has 0 saturated carbocycles. The van der Waals surface area contributed by atoms with Crippen LogP contribution in [0.5, 0.6) is 0 Å². The van der Waals surface area contributed by atoms with E-state index in [0.29, 0.717) is 29.0 Å². The SMILES string of the molecule is CCCCNS(=O)(=O)c1ccc(NC(=O)c2ccc(C)c(NC(=O)c3ccccc3)c2)cc1. The molecule has 0 spiro atoms. The van der Waals surface area contributed by atoms with Crippen LogP contribution in [-0.2, 0) is 10.0 Å². The Kier molecular flexibility index (Phi) is 7.97. The predicted octanol–water partition coefficient (Wildman–Crippen LogP) is 4.58. The molecule has 2 amide bonds. The van der Waals surface area contributed by atoms with Crippen molar-refractivity contribution in [3.8, 4) is 0 Å². The van der Waals surface area contributed by atoms with Crippen LogP contribution >= 0.6 is 0 Å². The number of rotatable bonds is 9. The lowest BCUT2D eigenvalue weighted by Crippen LogP contribution is -2.24. The van der Waals surface area contributed by atoms with Gasteiger partial charge in [0.25, 0.3) is 11.8 Å². The highest BCUT2D eigenvalue weighted by Gasteiger charge is 2.15. The Morgan fingerprint density at radius 2 is 1.48 bits per heavy atom. The van der Waals surface area contributed by atoms with Crippen molar-refractivity contribution in [2.45, 2.75) is 31.6 Å². The zero-order valence-electron chi connectivity index (χ0n) is 18.6. The van der Waals surface area contributed by atoms with E-state index in [1.165, 1.54) is 12.1 Å². The van der Waals surface area contributed by atoms with Crippen LogP contribution in [0.4, 0.5) is 11.4 Å². The van der Waals surface area contributed by atoms with Crippen LogP contribution in [0.15, 0.2) is 77.7 Å². The first-order chi connectivity index (χ1) is 15.8. The van der Waals surface area contributed by atoms with Crippen molar-refractivity contribution < 1.29 is 18.0 Å². The molecule has 0 aromatic heterocycles. The summed E-state index contributed by atoms with van der Waals surface area (Å²) in [5, 5.41) is 5.59. The number of sulfonamides is 1. The number of amides is 2. The number of hydrogen-bond donors (Lipinski definition) is 3. The third kappa shape index (κ3) is 6.50. The van der Waals surface area contributed by atoms with Crippen molar-refractivity contribution in [3.63, 3.8) is 0 Å². The second kappa shape index (κ2) is 10.9. The van der Waals surface area contributed by atoms with Crippen LogP contribution in [0.25, 0.3) is 0 Å². The summed E-state index contributed by atoms with van der Waals surface area (Å²) in [7, 11) is -3.58. The first kappa shape index (κ1) is 24.2. The van der Waals surface area contributed by atoms with Gasteiger partial charge in [-0.3, -0.25) is 9.59 Å². The maximum atomic E-state index is 12.7. The van der Waals surface area contributed by atoms with Gasteiger partial charge in [-0.15, -0.1) is 0 Å². The second-order valence-electron chi connectivity index (χ2n) is 7.58. The molecule has 8 heteroatoms. The number of aryl methyl sites for hydroxylation is 1. The monoisotopic (exact) mass is 465 g/mol. The van der Waals surface area contributed by atoms with Crippen molar-refractivity contribution in [1.82, 2.24) is 4.72 Å². The molecule has 7 nitrogen and oxygen atoms in total. The fraction of sp³-hybridized carbons (Fsp3) is 0.200. The summed E-state index contributed by atoms with van der Waals surface area (Å²) in [6.45, 7) is 4.21. The fourth-order valence-corrected chi connectivity index (χ4v) is 4.14. The number of carbonyl (C=O) groups is 2. The minimum Gasteiger partial charge on any atom is -0.322 e. The topological polar surface area (TPSA) is 104 Å². The average molecular weight is 466 g/mol. The first-order valence-corrected chi connectivity index (χ1v) is 12.2. The van der Waals surface area contributed by atoms with Gasteiger partial charge in [-0.2, -0.15) is 0 Å². The smallest absolute Gasteiger partial charge is 0.255 e. The lowest BCUT2D eigenvalue weighted by Gasteiger charge is -2.12. The highest BCUT2D eigenvalue weighted by molar-refractivity contribution is 7.89. The summed E-state index contributed by atoms with van der Waals surface area (Å²) in [6, 6.07) is 19.8. The lowest BCUT2D eigenvalue weighted by atomic mass is 10.1. The molecule has 0 fully saturated rings. The summed E-state index contributed by atoms with van der Waals surface area (Å²) < 4.78 is 27.1. The Morgan fingerprint density at radius 3 is 2.15 bits per heavy atom. The van der Waals surface area contributed by atoms with E-state index in [9.17, 15) is 18.0 Å². The van der Waals surface area contributed by atoms with E-state index in [1.54, 1.807) is 54.6 Å². The minimum absolute atomic E-state index is 0.137. The Labute approximate surface area is 194 Å². The molecule has 0 unspecified atom stereocenters. The Hall–Kier alpha value is -3.49. The average Bonchev–Trinajstić information content (AvgIpc) is 2.81. The van der Waals surface area contributed by atoms with Crippen molar-refractivity contribution in [1.29, 1.82) is 0 Å². The summed E-state index contributed by atoms with van der Waals surface area (Å²) in [6.07, 6.45) is 1.65. The van der Waals surface area contributed by atoms with Crippen molar-refractivity contribution in [3.05, 3.63) is 89.5 Å². The maximum absolute atomic E-state index is 12.7. The number of carbonyl (C=O) groups excluding carboxylic acids is 2. The van der Waals surface area contributed by atoms with Gasteiger partial charge in [0.15, 0.2) is 0 Å². The zero-order chi connectivity index (χ0) is 23.8. The normalized spacial score (nSPS) is 11.1. The molecule has 0 heterocycles. The number of anilines is 2. The van der Waals surface area contributed by atoms with E-state index >= 15 is 0 Å². The molecule has 0 aliphatic heterocycles. The maximum Gasteiger partial charge on any atom is 0.255 e. The van der Waals surface area contributed by atoms with E-state index in [0.717, 1.165) is 18.4 Å². The van der Waals surface area contributed by atoms with Gasteiger partial charge >= 0.3 is 0 Å². The van der Waals surface area contributed by atoms with Crippen LogP contribution in [0, 0.1) is 6.92 Å². The molecule has 0 aliphatic rings. The van der Waals surface area contributed by atoms with Crippen LogP contribution in [0.3, 0.4) is 0 Å². The van der Waals surface area contributed by atoms with E-state index in [1.807, 2.05) is 19.9 Å². The standard InChI is InChI=1S/C25H27N3O4S/c1-3-4-16-26-33(31,32)22-14-12-21(13-15-22)27-25(30)20-11-10-18(2)23(17-20)28-24(29)19-8-6-5-7-9-19/h5-15,17,26H,3-4,16H2,1-2H3,(H,27,30)(H,28,29). The summed E-state index contributed by atoms with van der Waals surface area (Å²) in [5.74, 6) is -0.637. The quantitative estimate of drug-likeness (QED) is 0.402. The third-order valence-corrected chi connectivity index (χ3v) is 6.51. The van der Waals surface area contributed by atoms with Crippen molar-refractivity contribution in [2.75, 3.05) is 17.2 Å². The van der Waals surface area contributed by atoms with E-state index < -0.39 is 10.0 Å². The van der Waals surface area contributed by atoms with Crippen molar-refractivity contribution in [2.24, 2.45) is 0 Å². The number of hydrogen-bond acceptors (Lipinski definition) is 4. The molecule has 33 heavy (non-hydrogen) atoms. The van der Waals surface area contributed by atoms with Crippen LogP contribution < -0.4 is 15.4 Å². The van der Waals surface area contributed by atoms with Gasteiger partial charge in [0, 0.05) is 29.0 Å². The van der Waals surface area contributed by atoms with Crippen LogP contribution in [-0.4, -0.2) is 26.8 Å². The van der Waals surface area contributed by atoms with Crippen LogP contribution in [0.1, 0.15) is 46.0 Å². The molecule has 3 aromatic rings. The molecule has 0 aliphatic carbocycles. The fourth-order valence-electron chi connectivity index (χ4n) is 3.07. The Balaban J connectivity index is 1.69. The highest BCUT2D eigenvalue weighted by Crippen LogP contribution is 2.20. The summed E-state index contributed by atoms with van der Waals surface area (Å²) in [4.78, 5) is 25.3. The van der Waals surface area contributed by atoms with Crippen LogP contribution in [0.2, 0.25) is 0 Å². The van der Waals surface area contributed by atoms with E-state index in [2.05, 4.69) is 15.4 Å². The summed E-state index contributed by atoms with van der Waals surface area (Å²) in [5.41, 5.74) is 2.70. The zero-order valence-corrected chi connectivity index (χ0v) is 19.4. The first-order valence-electron chi connectivity index (χ1n) is 10.7. The lowest BCUT2D eigenvalue weighted by molar-refractivity contribution is 0.101. The van der Waals surface area contributed by atoms with Gasteiger partial charge < -0.3 is 10.6 Å². The Morgan fingerprint density at radius 1 is 0.818 bits per heavy atom. The molecule has 0 radical (unpaired) electrons. The Bertz CT molecular complexity index is 1220. The third-order valence-electron chi connectivity index (χ3n) is 5.03. The predicted molar refractivity (Wildman–Crippen MR) is 130 cm³/mol. The second-order valence-corrected chi connectivity index (χ2v) is 9.35.